The molecule has 35 heavy (non-hydrogen) atoms. The van der Waals surface area contributed by atoms with Crippen LogP contribution in [0.1, 0.15) is 41.1 Å². The number of para-hydroxylation sites is 1. The van der Waals surface area contributed by atoms with Crippen molar-refractivity contribution in [1.29, 1.82) is 0 Å². The van der Waals surface area contributed by atoms with Crippen LogP contribution in [0.3, 0.4) is 0 Å². The van der Waals surface area contributed by atoms with Crippen LogP contribution in [0.4, 0.5) is 0 Å². The molecule has 3 aromatic rings. The summed E-state index contributed by atoms with van der Waals surface area (Å²) in [5.41, 5.74) is 3.03. The summed E-state index contributed by atoms with van der Waals surface area (Å²) < 4.78 is 18.9. The van der Waals surface area contributed by atoms with E-state index < -0.39 is 5.97 Å². The summed E-state index contributed by atoms with van der Waals surface area (Å²) in [6, 6.07) is 15.3. The Bertz CT molecular complexity index is 1070. The zero-order valence-electron chi connectivity index (χ0n) is 20.5. The number of aromatic carboxylic acids is 1. The number of aromatic nitrogens is 1. The first-order valence-corrected chi connectivity index (χ1v) is 12.5. The fourth-order valence-corrected chi connectivity index (χ4v) is 4.83. The van der Waals surface area contributed by atoms with E-state index in [9.17, 15) is 4.79 Å². The van der Waals surface area contributed by atoms with E-state index >= 15 is 0 Å². The van der Waals surface area contributed by atoms with Crippen LogP contribution in [0.15, 0.2) is 54.7 Å². The number of rotatable bonds is 13. The molecule has 1 saturated heterocycles. The summed E-state index contributed by atoms with van der Waals surface area (Å²) in [7, 11) is 1.69. The molecule has 1 aliphatic heterocycles. The number of carboxylic acid groups (broad SMARTS) is 1. The maximum absolute atomic E-state index is 10.9. The SMILES string of the molecule is COCCOCCn1cc(C2CCN(CCCOc3ccc(C(=O)O)cc3)CC2)c2ccccc21. The minimum Gasteiger partial charge on any atom is -0.494 e. The molecule has 7 nitrogen and oxygen atoms in total. The molecule has 1 N–H and O–H groups in total. The first-order valence-electron chi connectivity index (χ1n) is 12.5. The van der Waals surface area contributed by atoms with Gasteiger partial charge in [-0.1, -0.05) is 18.2 Å². The number of carboxylic acids is 1. The van der Waals surface area contributed by atoms with E-state index in [1.807, 2.05) is 0 Å². The van der Waals surface area contributed by atoms with Crippen molar-refractivity contribution >= 4 is 16.9 Å². The molecule has 0 radical (unpaired) electrons. The number of benzene rings is 2. The number of hydrogen-bond acceptors (Lipinski definition) is 5. The van der Waals surface area contributed by atoms with Gasteiger partial charge in [-0.2, -0.15) is 0 Å². The fraction of sp³-hybridized carbons (Fsp3) is 0.464. The lowest BCUT2D eigenvalue weighted by Gasteiger charge is -2.32. The number of carbonyl (C=O) groups is 1. The van der Waals surface area contributed by atoms with Gasteiger partial charge in [0.15, 0.2) is 0 Å². The van der Waals surface area contributed by atoms with Gasteiger partial charge in [0.1, 0.15) is 5.75 Å². The molecule has 0 aliphatic carbocycles. The third-order valence-electron chi connectivity index (χ3n) is 6.74. The monoisotopic (exact) mass is 480 g/mol. The molecule has 188 valence electrons. The second kappa shape index (κ2) is 12.7. The molecular weight excluding hydrogens is 444 g/mol. The number of piperidine rings is 1. The van der Waals surface area contributed by atoms with Gasteiger partial charge in [0.2, 0.25) is 0 Å². The Morgan fingerprint density at radius 3 is 2.49 bits per heavy atom. The van der Waals surface area contributed by atoms with Gasteiger partial charge < -0.3 is 28.8 Å². The predicted octanol–water partition coefficient (Wildman–Crippen LogP) is 4.65. The van der Waals surface area contributed by atoms with Gasteiger partial charge >= 0.3 is 5.97 Å². The van der Waals surface area contributed by atoms with Gasteiger partial charge in [0.25, 0.3) is 0 Å². The molecule has 0 bridgehead atoms. The van der Waals surface area contributed by atoms with Crippen molar-refractivity contribution in [1.82, 2.24) is 9.47 Å². The predicted molar refractivity (Wildman–Crippen MR) is 137 cm³/mol. The Morgan fingerprint density at radius 1 is 0.971 bits per heavy atom. The summed E-state index contributed by atoms with van der Waals surface area (Å²) >= 11 is 0. The molecule has 1 fully saturated rings. The smallest absolute Gasteiger partial charge is 0.335 e. The molecule has 2 aromatic carbocycles. The van der Waals surface area contributed by atoms with Crippen LogP contribution < -0.4 is 4.74 Å². The van der Waals surface area contributed by atoms with Crippen molar-refractivity contribution in [2.24, 2.45) is 0 Å². The minimum absolute atomic E-state index is 0.277. The maximum atomic E-state index is 10.9. The Morgan fingerprint density at radius 2 is 1.74 bits per heavy atom. The maximum Gasteiger partial charge on any atom is 0.335 e. The highest BCUT2D eigenvalue weighted by molar-refractivity contribution is 5.87. The Kier molecular flexibility index (Phi) is 9.17. The third kappa shape index (κ3) is 6.84. The van der Waals surface area contributed by atoms with E-state index in [2.05, 4.69) is 39.9 Å². The second-order valence-electron chi connectivity index (χ2n) is 9.05. The Balaban J connectivity index is 1.23. The van der Waals surface area contributed by atoms with Gasteiger partial charge in [-0.3, -0.25) is 0 Å². The minimum atomic E-state index is -0.920. The number of likely N-dealkylation sites (tertiary alicyclic amines) is 1. The van der Waals surface area contributed by atoms with E-state index in [0.29, 0.717) is 38.1 Å². The van der Waals surface area contributed by atoms with Gasteiger partial charge in [0.05, 0.1) is 32.0 Å². The van der Waals surface area contributed by atoms with Crippen LogP contribution in [0.2, 0.25) is 0 Å². The molecule has 1 aliphatic rings. The number of methoxy groups -OCH3 is 1. The zero-order chi connectivity index (χ0) is 24.5. The Labute approximate surface area is 207 Å². The molecule has 0 amide bonds. The van der Waals surface area contributed by atoms with Crippen LogP contribution in [-0.4, -0.2) is 73.7 Å². The molecule has 1 aromatic heterocycles. The second-order valence-corrected chi connectivity index (χ2v) is 9.05. The molecular formula is C28H36N2O5. The summed E-state index contributed by atoms with van der Waals surface area (Å²) in [6.45, 7) is 6.63. The van der Waals surface area contributed by atoms with Gasteiger partial charge in [0, 0.05) is 37.3 Å². The average molecular weight is 481 g/mol. The molecule has 2 heterocycles. The van der Waals surface area contributed by atoms with Crippen molar-refractivity contribution in [2.75, 3.05) is 53.2 Å². The highest BCUT2D eigenvalue weighted by Crippen LogP contribution is 2.34. The van der Waals surface area contributed by atoms with Crippen molar-refractivity contribution in [3.8, 4) is 5.75 Å². The van der Waals surface area contributed by atoms with Crippen molar-refractivity contribution in [3.05, 3.63) is 65.9 Å². The van der Waals surface area contributed by atoms with E-state index in [4.69, 9.17) is 19.3 Å². The van der Waals surface area contributed by atoms with Crippen LogP contribution >= 0.6 is 0 Å². The van der Waals surface area contributed by atoms with E-state index in [1.165, 1.54) is 16.5 Å². The van der Waals surface area contributed by atoms with E-state index in [0.717, 1.165) is 45.4 Å². The van der Waals surface area contributed by atoms with E-state index in [-0.39, 0.29) is 5.56 Å². The van der Waals surface area contributed by atoms with Crippen molar-refractivity contribution in [2.45, 2.75) is 31.7 Å². The quantitative estimate of drug-likeness (QED) is 0.359. The molecule has 0 atom stereocenters. The number of hydrogen-bond donors (Lipinski definition) is 1. The molecule has 0 saturated carbocycles. The van der Waals surface area contributed by atoms with Crippen LogP contribution in [0, 0.1) is 0 Å². The largest absolute Gasteiger partial charge is 0.494 e. The first kappa shape index (κ1) is 25.2. The summed E-state index contributed by atoms with van der Waals surface area (Å²) in [5.74, 6) is 0.376. The number of ether oxygens (including phenoxy) is 3. The molecule has 7 heteroatoms. The normalized spacial score (nSPS) is 15.0. The fourth-order valence-electron chi connectivity index (χ4n) is 4.83. The van der Waals surface area contributed by atoms with Crippen LogP contribution in [0.5, 0.6) is 5.75 Å². The van der Waals surface area contributed by atoms with Gasteiger partial charge in [-0.05, 0) is 74.2 Å². The van der Waals surface area contributed by atoms with Gasteiger partial charge in [-0.25, -0.2) is 4.79 Å². The van der Waals surface area contributed by atoms with E-state index in [1.54, 1.807) is 31.4 Å². The number of fused-ring (bicyclic) bond motifs is 1. The van der Waals surface area contributed by atoms with Gasteiger partial charge in [-0.15, -0.1) is 0 Å². The first-order chi connectivity index (χ1) is 17.2. The zero-order valence-corrected chi connectivity index (χ0v) is 20.5. The molecule has 0 unspecified atom stereocenters. The summed E-state index contributed by atoms with van der Waals surface area (Å²) in [4.78, 5) is 13.5. The third-order valence-corrected chi connectivity index (χ3v) is 6.74. The van der Waals surface area contributed by atoms with Crippen molar-refractivity contribution < 1.29 is 24.1 Å². The lowest BCUT2D eigenvalue weighted by molar-refractivity contribution is 0.0670. The summed E-state index contributed by atoms with van der Waals surface area (Å²) in [6.07, 6.45) is 5.62. The summed E-state index contributed by atoms with van der Waals surface area (Å²) in [5, 5.41) is 10.3. The molecule has 4 rings (SSSR count). The average Bonchev–Trinajstić information content (AvgIpc) is 3.26. The molecule has 0 spiro atoms. The highest BCUT2D eigenvalue weighted by atomic mass is 16.5. The standard InChI is InChI=1S/C28H36N2O5/c1-33-19-20-34-18-16-30-21-26(25-5-2-3-6-27(25)30)22-11-14-29(15-12-22)13-4-17-35-24-9-7-23(8-10-24)28(31)32/h2-3,5-10,21-22H,4,11-20H2,1H3,(H,31,32). The Hall–Kier alpha value is -2.87. The topological polar surface area (TPSA) is 73.2 Å². The van der Waals surface area contributed by atoms with Crippen LogP contribution in [-0.2, 0) is 16.0 Å². The van der Waals surface area contributed by atoms with Crippen LogP contribution in [0.25, 0.3) is 10.9 Å². The highest BCUT2D eigenvalue weighted by Gasteiger charge is 2.23. The van der Waals surface area contributed by atoms with Crippen molar-refractivity contribution in [3.63, 3.8) is 0 Å². The lowest BCUT2D eigenvalue weighted by atomic mass is 9.89. The number of nitrogens with zero attached hydrogens (tertiary/aromatic N) is 2. The lowest BCUT2D eigenvalue weighted by Crippen LogP contribution is -2.34.